The Morgan fingerprint density at radius 3 is 2.58 bits per heavy atom. The molecular weight excluding hydrogens is 399 g/mol. The fourth-order valence-electron chi connectivity index (χ4n) is 3.22. The van der Waals surface area contributed by atoms with Gasteiger partial charge in [-0.2, -0.15) is 0 Å². The molecule has 0 fully saturated rings. The number of benzene rings is 2. The van der Waals surface area contributed by atoms with E-state index in [0.29, 0.717) is 30.8 Å². The number of hydrogen-bond donors (Lipinski definition) is 2. The molecule has 2 aromatic carbocycles. The van der Waals surface area contributed by atoms with Crippen LogP contribution in [0, 0.1) is 5.82 Å². The van der Waals surface area contributed by atoms with Crippen LogP contribution in [-0.4, -0.2) is 61.8 Å². The zero-order chi connectivity index (χ0) is 22.2. The first-order valence-electron chi connectivity index (χ1n) is 10.2. The third-order valence-corrected chi connectivity index (χ3v) is 4.92. The summed E-state index contributed by atoms with van der Waals surface area (Å²) in [7, 11) is 3.83. The minimum absolute atomic E-state index is 0.132. The number of carbonyl (C=O) groups excluding carboxylic acids is 2. The van der Waals surface area contributed by atoms with E-state index < -0.39 is 23.9 Å². The van der Waals surface area contributed by atoms with Gasteiger partial charge < -0.3 is 20.4 Å². The van der Waals surface area contributed by atoms with E-state index in [0.717, 1.165) is 5.56 Å². The smallest absolute Gasteiger partial charge is 0.265 e. The van der Waals surface area contributed by atoms with E-state index in [1.165, 1.54) is 6.07 Å². The van der Waals surface area contributed by atoms with Gasteiger partial charge in [-0.15, -0.1) is 0 Å². The molecule has 0 bridgehead atoms. The highest BCUT2D eigenvalue weighted by Gasteiger charge is 2.32. The first kappa shape index (κ1) is 22.4. The summed E-state index contributed by atoms with van der Waals surface area (Å²) in [5.74, 6) is -1.15. The van der Waals surface area contributed by atoms with Gasteiger partial charge in [-0.3, -0.25) is 9.59 Å². The van der Waals surface area contributed by atoms with Crippen LogP contribution >= 0.6 is 0 Å². The standard InChI is InChI=1S/C23H27FN4O3/c1-28(2)13-12-25-22(29)20(14-16-8-4-3-5-9-16)26-23(30)21-15-19(27-31-21)17-10-6-7-11-18(17)24/h3-11,20-21H,12-15H2,1-2H3,(H,25,29)(H,26,30). The lowest BCUT2D eigenvalue weighted by Gasteiger charge is -2.20. The predicted molar refractivity (Wildman–Crippen MR) is 116 cm³/mol. The zero-order valence-electron chi connectivity index (χ0n) is 17.7. The molecule has 0 saturated heterocycles. The molecule has 2 N–H and O–H groups in total. The Kier molecular flexibility index (Phi) is 7.72. The van der Waals surface area contributed by atoms with E-state index in [9.17, 15) is 14.0 Å². The molecule has 3 rings (SSSR count). The Hall–Kier alpha value is -3.26. The zero-order valence-corrected chi connectivity index (χ0v) is 17.7. The Labute approximate surface area is 181 Å². The minimum atomic E-state index is -0.914. The minimum Gasteiger partial charge on any atom is -0.382 e. The van der Waals surface area contributed by atoms with Gasteiger partial charge in [-0.25, -0.2) is 4.39 Å². The normalized spacial score (nSPS) is 16.4. The molecule has 1 aliphatic heterocycles. The molecule has 1 aliphatic rings. The number of hydrogen-bond acceptors (Lipinski definition) is 5. The third-order valence-electron chi connectivity index (χ3n) is 4.92. The van der Waals surface area contributed by atoms with E-state index in [-0.39, 0.29) is 12.3 Å². The summed E-state index contributed by atoms with van der Waals surface area (Å²) < 4.78 is 14.0. The largest absolute Gasteiger partial charge is 0.382 e. The summed E-state index contributed by atoms with van der Waals surface area (Å²) in [6.45, 7) is 1.15. The number of amides is 2. The number of likely N-dealkylation sites (N-methyl/N-ethyl adjacent to an activating group) is 1. The van der Waals surface area contributed by atoms with Crippen molar-refractivity contribution >= 4 is 17.5 Å². The van der Waals surface area contributed by atoms with Crippen molar-refractivity contribution in [2.45, 2.75) is 25.0 Å². The molecule has 0 radical (unpaired) electrons. The first-order chi connectivity index (χ1) is 14.9. The van der Waals surface area contributed by atoms with Gasteiger partial charge in [0.15, 0.2) is 0 Å². The summed E-state index contributed by atoms with van der Waals surface area (Å²) in [6.07, 6.45) is -0.441. The van der Waals surface area contributed by atoms with E-state index in [4.69, 9.17) is 4.84 Å². The molecular formula is C23H27FN4O3. The van der Waals surface area contributed by atoms with Gasteiger partial charge in [-0.05, 0) is 25.7 Å². The van der Waals surface area contributed by atoms with Crippen molar-refractivity contribution in [3.8, 4) is 0 Å². The second-order valence-electron chi connectivity index (χ2n) is 7.66. The Bertz CT molecular complexity index is 933. The maximum Gasteiger partial charge on any atom is 0.265 e. The molecule has 2 unspecified atom stereocenters. The van der Waals surface area contributed by atoms with Crippen molar-refractivity contribution < 1.29 is 18.8 Å². The number of nitrogens with zero attached hydrogens (tertiary/aromatic N) is 2. The second kappa shape index (κ2) is 10.7. The van der Waals surface area contributed by atoms with Crippen molar-refractivity contribution in [1.29, 1.82) is 0 Å². The highest BCUT2D eigenvalue weighted by atomic mass is 19.1. The molecule has 2 aromatic rings. The van der Waals surface area contributed by atoms with Crippen LogP contribution in [0.4, 0.5) is 4.39 Å². The van der Waals surface area contributed by atoms with Gasteiger partial charge in [0.2, 0.25) is 12.0 Å². The topological polar surface area (TPSA) is 83.0 Å². The average molecular weight is 426 g/mol. The van der Waals surface area contributed by atoms with Crippen molar-refractivity contribution in [3.05, 3.63) is 71.5 Å². The number of oxime groups is 1. The third kappa shape index (κ3) is 6.36. The van der Waals surface area contributed by atoms with E-state index >= 15 is 0 Å². The van der Waals surface area contributed by atoms with Crippen LogP contribution in [0.2, 0.25) is 0 Å². The van der Waals surface area contributed by atoms with Crippen LogP contribution in [0.15, 0.2) is 59.8 Å². The maximum absolute atomic E-state index is 14.0. The molecule has 0 spiro atoms. The number of rotatable bonds is 9. The van der Waals surface area contributed by atoms with E-state index in [1.54, 1.807) is 18.2 Å². The predicted octanol–water partition coefficient (Wildman–Crippen LogP) is 1.72. The quantitative estimate of drug-likeness (QED) is 0.640. The highest BCUT2D eigenvalue weighted by Crippen LogP contribution is 2.19. The molecule has 31 heavy (non-hydrogen) atoms. The average Bonchev–Trinajstić information content (AvgIpc) is 3.24. The monoisotopic (exact) mass is 426 g/mol. The van der Waals surface area contributed by atoms with E-state index in [2.05, 4.69) is 15.8 Å². The van der Waals surface area contributed by atoms with Gasteiger partial charge in [0.1, 0.15) is 11.9 Å². The molecule has 0 saturated carbocycles. The van der Waals surface area contributed by atoms with Gasteiger partial charge >= 0.3 is 0 Å². The molecule has 0 aromatic heterocycles. The SMILES string of the molecule is CN(C)CCNC(=O)C(Cc1ccccc1)NC(=O)C1CC(c2ccccc2F)=NO1. The Morgan fingerprint density at radius 2 is 1.87 bits per heavy atom. The van der Waals surface area contributed by atoms with Crippen molar-refractivity contribution in [2.24, 2.45) is 5.16 Å². The van der Waals surface area contributed by atoms with Crippen molar-refractivity contribution in [3.63, 3.8) is 0 Å². The van der Waals surface area contributed by atoms with Gasteiger partial charge in [0.05, 0.1) is 5.71 Å². The molecule has 2 atom stereocenters. The summed E-state index contributed by atoms with van der Waals surface area (Å²) >= 11 is 0. The molecule has 0 aliphatic carbocycles. The van der Waals surface area contributed by atoms with Gasteiger partial charge in [0, 0.05) is 31.5 Å². The first-order valence-corrected chi connectivity index (χ1v) is 10.2. The Balaban J connectivity index is 1.63. The van der Waals surface area contributed by atoms with Crippen molar-refractivity contribution in [1.82, 2.24) is 15.5 Å². The lowest BCUT2D eigenvalue weighted by molar-refractivity contribution is -0.135. The van der Waals surface area contributed by atoms with Crippen LogP contribution in [0.5, 0.6) is 0 Å². The number of halogens is 1. The summed E-state index contributed by atoms with van der Waals surface area (Å²) in [5.41, 5.74) is 1.60. The lowest BCUT2D eigenvalue weighted by atomic mass is 10.0. The molecule has 8 heteroatoms. The van der Waals surface area contributed by atoms with Crippen LogP contribution in [0.1, 0.15) is 17.5 Å². The highest BCUT2D eigenvalue weighted by molar-refractivity contribution is 6.04. The lowest BCUT2D eigenvalue weighted by Crippen LogP contribution is -2.51. The molecule has 2 amide bonds. The van der Waals surface area contributed by atoms with Crippen LogP contribution in [-0.2, 0) is 20.8 Å². The molecule has 7 nitrogen and oxygen atoms in total. The fourth-order valence-corrected chi connectivity index (χ4v) is 3.22. The summed E-state index contributed by atoms with van der Waals surface area (Å²) in [4.78, 5) is 32.8. The van der Waals surface area contributed by atoms with Crippen LogP contribution in [0.25, 0.3) is 0 Å². The van der Waals surface area contributed by atoms with Gasteiger partial charge in [-0.1, -0.05) is 53.7 Å². The van der Waals surface area contributed by atoms with Crippen LogP contribution in [0.3, 0.4) is 0 Å². The molecule has 1 heterocycles. The van der Waals surface area contributed by atoms with E-state index in [1.807, 2.05) is 49.3 Å². The second-order valence-corrected chi connectivity index (χ2v) is 7.66. The van der Waals surface area contributed by atoms with Crippen molar-refractivity contribution in [2.75, 3.05) is 27.2 Å². The number of carbonyl (C=O) groups is 2. The number of nitrogens with one attached hydrogen (secondary N) is 2. The summed E-state index contributed by atoms with van der Waals surface area (Å²) in [6, 6.07) is 14.9. The fraction of sp³-hybridized carbons (Fsp3) is 0.348. The Morgan fingerprint density at radius 1 is 1.16 bits per heavy atom. The van der Waals surface area contributed by atoms with Crippen LogP contribution < -0.4 is 10.6 Å². The molecule has 164 valence electrons. The van der Waals surface area contributed by atoms with Gasteiger partial charge in [0.25, 0.3) is 5.91 Å². The summed E-state index contributed by atoms with van der Waals surface area (Å²) in [5, 5.41) is 9.52. The maximum atomic E-state index is 14.0.